The van der Waals surface area contributed by atoms with Crippen LogP contribution in [0.4, 0.5) is 0 Å². The molecule has 3 rings (SSSR count). The minimum atomic E-state index is -0.911. The molecule has 0 aliphatic heterocycles. The van der Waals surface area contributed by atoms with E-state index in [2.05, 4.69) is 15.5 Å². The number of benzene rings is 3. The number of esters is 3. The van der Waals surface area contributed by atoms with Gasteiger partial charge in [0.05, 0.1) is 61.6 Å². The monoisotopic (exact) mass is 971 g/mol. The van der Waals surface area contributed by atoms with E-state index in [4.69, 9.17) is 44.0 Å². The molecule has 0 aromatic heterocycles. The Hall–Kier alpha value is -5.07. The molecule has 0 heterocycles. The molecule has 362 valence electrons. The second-order valence-corrected chi connectivity index (χ2v) is 18.8. The van der Waals surface area contributed by atoms with E-state index in [1.165, 1.54) is 0 Å². The number of rotatable bonds is 34. The molecule has 3 aromatic rings. The maximum absolute atomic E-state index is 12.9. The highest BCUT2D eigenvalue weighted by atomic mass is 32.2. The Morgan fingerprint density at radius 3 is 0.985 bits per heavy atom. The second-order valence-electron chi connectivity index (χ2n) is 15.2. The molecule has 0 saturated carbocycles. The summed E-state index contributed by atoms with van der Waals surface area (Å²) in [7, 11) is 0. The van der Waals surface area contributed by atoms with Crippen LogP contribution in [0.3, 0.4) is 0 Å². The first-order valence-electron chi connectivity index (χ1n) is 22.0. The molecule has 0 atom stereocenters. The van der Waals surface area contributed by atoms with Crippen LogP contribution >= 0.6 is 35.3 Å². The van der Waals surface area contributed by atoms with E-state index >= 15 is 0 Å². The Morgan fingerprint density at radius 2 is 0.742 bits per heavy atom. The lowest BCUT2D eigenvalue weighted by molar-refractivity contribution is -0.161. The van der Waals surface area contributed by atoms with Crippen LogP contribution < -0.4 is 14.2 Å². The molecule has 0 bridgehead atoms. The zero-order valence-electron chi connectivity index (χ0n) is 38.4. The van der Waals surface area contributed by atoms with E-state index in [1.807, 2.05) is 79.7 Å². The fourth-order valence-electron chi connectivity index (χ4n) is 5.72. The van der Waals surface area contributed by atoms with Gasteiger partial charge in [-0.3, -0.25) is 14.4 Å². The number of ether oxygens (including phenoxy) is 6. The first-order valence-corrected chi connectivity index (χ1v) is 25.4. The van der Waals surface area contributed by atoms with Crippen molar-refractivity contribution < 1.29 is 58.4 Å². The van der Waals surface area contributed by atoms with Crippen molar-refractivity contribution in [2.75, 3.05) is 74.2 Å². The number of nitrogens with zero attached hydrogens (tertiary/aromatic N) is 3. The predicted octanol–water partition coefficient (Wildman–Crippen LogP) is 9.38. The summed E-state index contributed by atoms with van der Waals surface area (Å²) in [6.45, 7) is 8.38. The van der Waals surface area contributed by atoms with Crippen molar-refractivity contribution in [1.29, 1.82) is 0 Å². The van der Waals surface area contributed by atoms with Gasteiger partial charge in [0.25, 0.3) is 0 Å². The van der Waals surface area contributed by atoms with E-state index in [0.29, 0.717) is 60.6 Å². The van der Waals surface area contributed by atoms with Gasteiger partial charge in [-0.15, -0.1) is 0 Å². The van der Waals surface area contributed by atoms with Crippen LogP contribution in [0.25, 0.3) is 0 Å². The summed E-state index contributed by atoms with van der Waals surface area (Å²) in [6.07, 6.45) is 3.37. The largest absolute Gasteiger partial charge is 0.494 e. The van der Waals surface area contributed by atoms with Crippen LogP contribution in [-0.4, -0.2) is 125 Å². The summed E-state index contributed by atoms with van der Waals surface area (Å²) < 4.78 is 34.5. The summed E-state index contributed by atoms with van der Waals surface area (Å²) in [6, 6.07) is 21.9. The minimum Gasteiger partial charge on any atom is -0.494 e. The Morgan fingerprint density at radius 1 is 0.470 bits per heavy atom. The van der Waals surface area contributed by atoms with Crippen molar-refractivity contribution in [3.05, 3.63) is 89.5 Å². The third-order valence-corrected chi connectivity index (χ3v) is 13.3. The average molecular weight is 972 g/mol. The van der Waals surface area contributed by atoms with Crippen molar-refractivity contribution in [1.82, 2.24) is 0 Å². The molecule has 3 aromatic carbocycles. The van der Waals surface area contributed by atoms with Gasteiger partial charge in [-0.2, -0.15) is 35.3 Å². The highest BCUT2D eigenvalue weighted by molar-refractivity contribution is 7.99. The summed E-state index contributed by atoms with van der Waals surface area (Å²) >= 11 is 4.86. The molecule has 0 aliphatic carbocycles. The lowest BCUT2D eigenvalue weighted by Gasteiger charge is -2.31. The minimum absolute atomic E-state index is 0.0674. The molecule has 15 nitrogen and oxygen atoms in total. The standard InChI is InChI=1S/C48H65N3O12S3/c1-5-48(33-61-45(52)21-30-64-27-6-24-58-42-15-9-39(10-16-42)36(2)49-55,34-62-46(53)22-31-65-28-7-25-59-43-17-11-40(12-18-43)37(3)50-56)35-63-47(54)23-32-66-29-8-26-60-44-19-13-41(14-20-44)38(4)51-57/h9-20,55-57H,5-8,21-35H2,1-4H3/b49-36+,50-37+,51-38+. The van der Waals surface area contributed by atoms with Gasteiger partial charge in [-0.1, -0.05) is 22.4 Å². The molecule has 0 unspecified atom stereocenters. The van der Waals surface area contributed by atoms with Gasteiger partial charge in [-0.25, -0.2) is 0 Å². The van der Waals surface area contributed by atoms with Gasteiger partial charge in [0.15, 0.2) is 0 Å². The van der Waals surface area contributed by atoms with E-state index < -0.39 is 5.41 Å². The molecule has 0 aliphatic rings. The van der Waals surface area contributed by atoms with Gasteiger partial charge < -0.3 is 44.0 Å². The van der Waals surface area contributed by atoms with Crippen molar-refractivity contribution in [3.8, 4) is 17.2 Å². The molecule has 0 amide bonds. The average Bonchev–Trinajstić information content (AvgIpc) is 3.35. The first kappa shape index (κ1) is 55.3. The second kappa shape index (κ2) is 32.6. The SMILES string of the molecule is CCC(COC(=O)CCSCCCOc1ccc(/C(C)=N/O)cc1)(COC(=O)CCSCCCOc1ccc(/C(C)=N/O)cc1)COC(=O)CCSCCCOc1ccc(/C(C)=N/O)cc1. The number of carbonyl (C=O) groups is 3. The molecular formula is C48H65N3O12S3. The maximum Gasteiger partial charge on any atom is 0.306 e. The Bertz CT molecular complexity index is 1740. The van der Waals surface area contributed by atoms with Crippen LogP contribution in [-0.2, 0) is 28.6 Å². The van der Waals surface area contributed by atoms with E-state index in [-0.39, 0.29) is 57.0 Å². The smallest absolute Gasteiger partial charge is 0.306 e. The Kier molecular flexibility index (Phi) is 27.3. The predicted molar refractivity (Wildman–Crippen MR) is 263 cm³/mol. The number of oxime groups is 3. The van der Waals surface area contributed by atoms with Crippen LogP contribution in [0, 0.1) is 5.41 Å². The van der Waals surface area contributed by atoms with Crippen LogP contribution in [0.1, 0.15) is 89.3 Å². The van der Waals surface area contributed by atoms with E-state index in [0.717, 1.165) is 70.5 Å². The van der Waals surface area contributed by atoms with E-state index in [9.17, 15) is 14.4 Å². The van der Waals surface area contributed by atoms with Crippen LogP contribution in [0.2, 0.25) is 0 Å². The molecule has 18 heteroatoms. The summed E-state index contributed by atoms with van der Waals surface area (Å²) in [4.78, 5) is 38.6. The summed E-state index contributed by atoms with van der Waals surface area (Å²) in [5, 5.41) is 36.4. The third kappa shape index (κ3) is 22.4. The van der Waals surface area contributed by atoms with Crippen molar-refractivity contribution in [2.45, 2.75) is 72.6 Å². The highest BCUT2D eigenvalue weighted by Crippen LogP contribution is 2.26. The zero-order valence-corrected chi connectivity index (χ0v) is 40.9. The fraction of sp³-hybridized carbons (Fsp3) is 0.500. The molecule has 3 N–H and O–H groups in total. The highest BCUT2D eigenvalue weighted by Gasteiger charge is 2.34. The molecule has 66 heavy (non-hydrogen) atoms. The number of carbonyl (C=O) groups excluding carboxylic acids is 3. The van der Waals surface area contributed by atoms with Gasteiger partial charge >= 0.3 is 17.9 Å². The Labute approximate surface area is 401 Å². The lowest BCUT2D eigenvalue weighted by Crippen LogP contribution is -2.39. The molecule has 0 saturated heterocycles. The topological polar surface area (TPSA) is 204 Å². The van der Waals surface area contributed by atoms with Crippen LogP contribution in [0.15, 0.2) is 88.3 Å². The third-order valence-electron chi connectivity index (χ3n) is 10.1. The van der Waals surface area contributed by atoms with Gasteiger partial charge in [0.1, 0.15) is 37.1 Å². The lowest BCUT2D eigenvalue weighted by atomic mass is 9.88. The summed E-state index contributed by atoms with van der Waals surface area (Å²) in [5.74, 6) is 5.06. The zero-order chi connectivity index (χ0) is 47.8. The normalized spacial score (nSPS) is 12.1. The molecular weight excluding hydrogens is 907 g/mol. The van der Waals surface area contributed by atoms with Gasteiger partial charge in [0.2, 0.25) is 0 Å². The molecule has 0 radical (unpaired) electrons. The van der Waals surface area contributed by atoms with Crippen molar-refractivity contribution >= 4 is 70.3 Å². The summed E-state index contributed by atoms with van der Waals surface area (Å²) in [5.41, 5.74) is 3.08. The van der Waals surface area contributed by atoms with E-state index in [1.54, 1.807) is 56.1 Å². The quantitative estimate of drug-likeness (QED) is 0.0127. The first-order chi connectivity index (χ1) is 32.0. The Balaban J connectivity index is 1.38. The number of thioether (sulfide) groups is 3. The molecule has 0 fully saturated rings. The number of hydrogen-bond donors (Lipinski definition) is 3. The van der Waals surface area contributed by atoms with Crippen LogP contribution in [0.5, 0.6) is 17.2 Å². The maximum atomic E-state index is 12.9. The fourth-order valence-corrected chi connectivity index (χ4v) is 8.24. The van der Waals surface area contributed by atoms with Crippen molar-refractivity contribution in [2.24, 2.45) is 20.9 Å². The van der Waals surface area contributed by atoms with Gasteiger partial charge in [-0.05, 0) is 153 Å². The van der Waals surface area contributed by atoms with Gasteiger partial charge in [0, 0.05) is 17.3 Å². The van der Waals surface area contributed by atoms with Crippen molar-refractivity contribution in [3.63, 3.8) is 0 Å². The molecule has 0 spiro atoms. The number of hydrogen-bond acceptors (Lipinski definition) is 18.